The van der Waals surface area contributed by atoms with Gasteiger partial charge in [-0.3, -0.25) is 4.79 Å². The van der Waals surface area contributed by atoms with Gasteiger partial charge in [0.25, 0.3) is 0 Å². The predicted molar refractivity (Wildman–Crippen MR) is 73.0 cm³/mol. The van der Waals surface area contributed by atoms with Gasteiger partial charge in [0, 0.05) is 4.47 Å². The van der Waals surface area contributed by atoms with Crippen molar-refractivity contribution in [3.8, 4) is 0 Å². The highest BCUT2D eigenvalue weighted by atomic mass is 79.9. The molecule has 98 valence electrons. The van der Waals surface area contributed by atoms with Crippen molar-refractivity contribution in [2.45, 2.75) is 31.7 Å². The van der Waals surface area contributed by atoms with Crippen LogP contribution in [0.25, 0.3) is 0 Å². The summed E-state index contributed by atoms with van der Waals surface area (Å²) in [5, 5.41) is 5.85. The van der Waals surface area contributed by atoms with Crippen molar-refractivity contribution in [3.63, 3.8) is 0 Å². The van der Waals surface area contributed by atoms with Gasteiger partial charge in [-0.05, 0) is 50.9 Å². The molecule has 0 radical (unpaired) electrons. The number of piperidine rings is 1. The van der Waals surface area contributed by atoms with Crippen molar-refractivity contribution >= 4 is 27.5 Å². The van der Waals surface area contributed by atoms with E-state index in [4.69, 9.17) is 0 Å². The van der Waals surface area contributed by atoms with Crippen LogP contribution in [-0.4, -0.2) is 18.0 Å². The molecule has 1 amide bonds. The number of amides is 1. The van der Waals surface area contributed by atoms with E-state index in [1.165, 1.54) is 6.07 Å². The van der Waals surface area contributed by atoms with Crippen LogP contribution in [0, 0.1) is 5.82 Å². The van der Waals surface area contributed by atoms with Crippen LogP contribution in [-0.2, 0) is 4.79 Å². The van der Waals surface area contributed by atoms with E-state index in [0.29, 0.717) is 4.47 Å². The largest absolute Gasteiger partial charge is 0.322 e. The number of carbonyl (C=O) groups is 1. The maximum absolute atomic E-state index is 13.6. The van der Waals surface area contributed by atoms with Gasteiger partial charge in [-0.25, -0.2) is 4.39 Å². The van der Waals surface area contributed by atoms with Crippen molar-refractivity contribution in [2.75, 3.05) is 11.9 Å². The van der Waals surface area contributed by atoms with Crippen molar-refractivity contribution in [2.24, 2.45) is 0 Å². The van der Waals surface area contributed by atoms with E-state index < -0.39 is 11.4 Å². The number of rotatable bonds is 2. The molecule has 0 aliphatic carbocycles. The van der Waals surface area contributed by atoms with Gasteiger partial charge in [-0.2, -0.15) is 0 Å². The molecule has 0 saturated carbocycles. The van der Waals surface area contributed by atoms with Gasteiger partial charge in [0.2, 0.25) is 5.91 Å². The molecule has 1 aliphatic heterocycles. The Bertz CT molecular complexity index is 458. The van der Waals surface area contributed by atoms with Gasteiger partial charge in [-0.15, -0.1) is 0 Å². The van der Waals surface area contributed by atoms with Crippen LogP contribution >= 0.6 is 15.9 Å². The van der Waals surface area contributed by atoms with Gasteiger partial charge < -0.3 is 10.6 Å². The lowest BCUT2D eigenvalue weighted by Crippen LogP contribution is -2.54. The minimum atomic E-state index is -0.599. The molecule has 1 saturated heterocycles. The monoisotopic (exact) mass is 314 g/mol. The van der Waals surface area contributed by atoms with E-state index in [0.717, 1.165) is 25.8 Å². The average molecular weight is 315 g/mol. The summed E-state index contributed by atoms with van der Waals surface area (Å²) in [5.74, 6) is -0.611. The first-order valence-corrected chi connectivity index (χ1v) is 6.82. The Morgan fingerprint density at radius 1 is 1.50 bits per heavy atom. The zero-order valence-corrected chi connectivity index (χ0v) is 11.8. The molecule has 1 aromatic carbocycles. The minimum absolute atomic E-state index is 0.177. The van der Waals surface area contributed by atoms with Gasteiger partial charge in [0.15, 0.2) is 0 Å². The molecule has 1 heterocycles. The summed E-state index contributed by atoms with van der Waals surface area (Å²) in [6.45, 7) is 2.69. The molecule has 1 aromatic rings. The number of carbonyl (C=O) groups excluding carboxylic acids is 1. The van der Waals surface area contributed by atoms with Crippen LogP contribution in [0.4, 0.5) is 10.1 Å². The standard InChI is InChI=1S/C13H16BrFN2O/c1-13(6-2-3-7-16-13)12(18)17-11-5-4-9(14)8-10(11)15/h4-5,8,16H,2-3,6-7H2,1H3,(H,17,18). The molecule has 0 aromatic heterocycles. The molecular weight excluding hydrogens is 299 g/mol. The maximum atomic E-state index is 13.6. The average Bonchev–Trinajstić information content (AvgIpc) is 2.33. The molecule has 1 aliphatic rings. The third kappa shape index (κ3) is 2.90. The first kappa shape index (κ1) is 13.5. The van der Waals surface area contributed by atoms with Gasteiger partial charge in [-0.1, -0.05) is 15.9 Å². The first-order valence-electron chi connectivity index (χ1n) is 6.03. The van der Waals surface area contributed by atoms with E-state index in [9.17, 15) is 9.18 Å². The molecule has 1 atom stereocenters. The normalized spacial score (nSPS) is 23.7. The summed E-state index contributed by atoms with van der Waals surface area (Å²) in [4.78, 5) is 12.2. The lowest BCUT2D eigenvalue weighted by molar-refractivity contribution is -0.122. The van der Waals surface area contributed by atoms with E-state index in [2.05, 4.69) is 26.6 Å². The quantitative estimate of drug-likeness (QED) is 0.881. The summed E-state index contributed by atoms with van der Waals surface area (Å²) in [6.07, 6.45) is 2.87. The first-order chi connectivity index (χ1) is 8.51. The van der Waals surface area contributed by atoms with Crippen LogP contribution in [0.3, 0.4) is 0 Å². The third-order valence-corrected chi connectivity index (χ3v) is 3.79. The molecule has 2 N–H and O–H groups in total. The number of halogens is 2. The zero-order chi connectivity index (χ0) is 13.2. The molecule has 0 spiro atoms. The molecule has 0 bridgehead atoms. The topological polar surface area (TPSA) is 41.1 Å². The molecule has 18 heavy (non-hydrogen) atoms. The Balaban J connectivity index is 2.11. The molecule has 1 fully saturated rings. The highest BCUT2D eigenvalue weighted by Gasteiger charge is 2.34. The summed E-state index contributed by atoms with van der Waals surface area (Å²) in [5.41, 5.74) is -0.380. The highest BCUT2D eigenvalue weighted by Crippen LogP contribution is 2.23. The van der Waals surface area contributed by atoms with Crippen molar-refractivity contribution < 1.29 is 9.18 Å². The van der Waals surface area contributed by atoms with Crippen molar-refractivity contribution in [3.05, 3.63) is 28.5 Å². The SMILES string of the molecule is CC1(C(=O)Nc2ccc(Br)cc2F)CCCCN1. The fourth-order valence-electron chi connectivity index (χ4n) is 2.10. The van der Waals surface area contributed by atoms with Crippen LogP contribution in [0.2, 0.25) is 0 Å². The summed E-state index contributed by atoms with van der Waals surface area (Å²) >= 11 is 3.18. The summed E-state index contributed by atoms with van der Waals surface area (Å²) in [6, 6.07) is 4.60. The van der Waals surface area contributed by atoms with Gasteiger partial charge >= 0.3 is 0 Å². The molecule has 5 heteroatoms. The smallest absolute Gasteiger partial charge is 0.244 e. The second-order valence-corrected chi connectivity index (χ2v) is 5.71. The lowest BCUT2D eigenvalue weighted by atomic mass is 9.90. The Kier molecular flexibility index (Phi) is 4.02. The summed E-state index contributed by atoms with van der Waals surface area (Å²) in [7, 11) is 0. The Morgan fingerprint density at radius 2 is 2.28 bits per heavy atom. The fraction of sp³-hybridized carbons (Fsp3) is 0.462. The Morgan fingerprint density at radius 3 is 2.89 bits per heavy atom. The van der Waals surface area contributed by atoms with E-state index in [1.807, 2.05) is 6.92 Å². The highest BCUT2D eigenvalue weighted by molar-refractivity contribution is 9.10. The molecule has 3 nitrogen and oxygen atoms in total. The predicted octanol–water partition coefficient (Wildman–Crippen LogP) is 3.06. The van der Waals surface area contributed by atoms with Crippen molar-refractivity contribution in [1.29, 1.82) is 0 Å². The Labute approximate surface area is 114 Å². The second-order valence-electron chi connectivity index (χ2n) is 4.79. The lowest BCUT2D eigenvalue weighted by Gasteiger charge is -2.33. The number of benzene rings is 1. The van der Waals surface area contributed by atoms with Gasteiger partial charge in [0.1, 0.15) is 5.82 Å². The van der Waals surface area contributed by atoms with Crippen LogP contribution in [0.5, 0.6) is 0 Å². The number of anilines is 1. The molecule has 2 rings (SSSR count). The number of hydrogen-bond acceptors (Lipinski definition) is 2. The van der Waals surface area contributed by atoms with Crippen molar-refractivity contribution in [1.82, 2.24) is 5.32 Å². The maximum Gasteiger partial charge on any atom is 0.244 e. The van der Waals surface area contributed by atoms with E-state index in [1.54, 1.807) is 12.1 Å². The van der Waals surface area contributed by atoms with Crippen LogP contribution in [0.1, 0.15) is 26.2 Å². The third-order valence-electron chi connectivity index (χ3n) is 3.30. The summed E-state index contributed by atoms with van der Waals surface area (Å²) < 4.78 is 14.3. The van der Waals surface area contributed by atoms with Gasteiger partial charge in [0.05, 0.1) is 11.2 Å². The zero-order valence-electron chi connectivity index (χ0n) is 10.2. The fourth-order valence-corrected chi connectivity index (χ4v) is 2.43. The Hall–Kier alpha value is -0.940. The molecular formula is C13H16BrFN2O. The number of hydrogen-bond donors (Lipinski definition) is 2. The van der Waals surface area contributed by atoms with E-state index in [-0.39, 0.29) is 11.6 Å². The van der Waals surface area contributed by atoms with Crippen LogP contribution < -0.4 is 10.6 Å². The molecule has 1 unspecified atom stereocenters. The number of nitrogens with one attached hydrogen (secondary N) is 2. The van der Waals surface area contributed by atoms with Crippen LogP contribution in [0.15, 0.2) is 22.7 Å². The second kappa shape index (κ2) is 5.36. The minimum Gasteiger partial charge on any atom is -0.322 e. The van der Waals surface area contributed by atoms with E-state index >= 15 is 0 Å².